The number of benzene rings is 1. The zero-order valence-corrected chi connectivity index (χ0v) is 17.7. The highest BCUT2D eigenvalue weighted by atomic mass is 16.5. The van der Waals surface area contributed by atoms with Gasteiger partial charge in [0, 0.05) is 60.5 Å². The molecule has 0 spiro atoms. The molecule has 1 N–H and O–H groups in total. The third-order valence-corrected chi connectivity index (χ3v) is 5.53. The van der Waals surface area contributed by atoms with E-state index < -0.39 is 0 Å². The first-order chi connectivity index (χ1) is 15.3. The van der Waals surface area contributed by atoms with Gasteiger partial charge in [0.25, 0.3) is 0 Å². The Kier molecular flexibility index (Phi) is 5.50. The second-order valence-corrected chi connectivity index (χ2v) is 7.65. The fraction of sp³-hybridized carbons (Fsp3) is 0.292. The molecule has 0 saturated carbocycles. The van der Waals surface area contributed by atoms with Crippen molar-refractivity contribution in [3.63, 3.8) is 0 Å². The second-order valence-electron chi connectivity index (χ2n) is 7.65. The maximum Gasteiger partial charge on any atom is 0.227 e. The minimum Gasteiger partial charge on any atom is -0.378 e. The first kappa shape index (κ1) is 19.5. The maximum atomic E-state index is 5.44. The Morgan fingerprint density at radius 3 is 2.65 bits per heavy atom. The van der Waals surface area contributed by atoms with Crippen molar-refractivity contribution in [2.24, 2.45) is 0 Å². The van der Waals surface area contributed by atoms with Gasteiger partial charge in [-0.15, -0.1) is 0 Å². The minimum absolute atomic E-state index is 0.580. The fourth-order valence-electron chi connectivity index (χ4n) is 4.01. The number of fused-ring (bicyclic) bond motifs is 1. The summed E-state index contributed by atoms with van der Waals surface area (Å²) < 4.78 is 7.64. The van der Waals surface area contributed by atoms with Crippen LogP contribution in [0.1, 0.15) is 13.3 Å². The molecular weight excluding hydrogens is 388 g/mol. The molecule has 4 heterocycles. The van der Waals surface area contributed by atoms with E-state index in [9.17, 15) is 0 Å². The highest BCUT2D eigenvalue weighted by Gasteiger charge is 2.13. The molecule has 3 aromatic heterocycles. The molecule has 31 heavy (non-hydrogen) atoms. The highest BCUT2D eigenvalue weighted by molar-refractivity contribution is 5.93. The zero-order chi connectivity index (χ0) is 21.0. The molecule has 0 amide bonds. The summed E-state index contributed by atoms with van der Waals surface area (Å²) in [7, 11) is 0. The summed E-state index contributed by atoms with van der Waals surface area (Å²) in [6, 6.07) is 14.4. The van der Waals surface area contributed by atoms with Crippen LogP contribution in [0, 0.1) is 0 Å². The molecule has 0 aliphatic carbocycles. The number of aryl methyl sites for hydroxylation is 1. The van der Waals surface area contributed by atoms with E-state index in [0.717, 1.165) is 67.2 Å². The van der Waals surface area contributed by atoms with Crippen molar-refractivity contribution >= 4 is 28.4 Å². The third kappa shape index (κ3) is 4.09. The van der Waals surface area contributed by atoms with Crippen molar-refractivity contribution in [1.29, 1.82) is 0 Å². The summed E-state index contributed by atoms with van der Waals surface area (Å²) in [6.45, 7) is 6.52. The lowest BCUT2D eigenvalue weighted by atomic mass is 10.1. The van der Waals surface area contributed by atoms with E-state index in [0.29, 0.717) is 5.95 Å². The number of nitrogens with one attached hydrogen (secondary N) is 1. The Bertz CT molecular complexity index is 1160. The van der Waals surface area contributed by atoms with E-state index in [-0.39, 0.29) is 0 Å². The van der Waals surface area contributed by atoms with Gasteiger partial charge in [-0.3, -0.25) is 0 Å². The first-order valence-corrected chi connectivity index (χ1v) is 10.8. The van der Waals surface area contributed by atoms with Crippen LogP contribution < -0.4 is 10.2 Å². The van der Waals surface area contributed by atoms with Gasteiger partial charge in [0.1, 0.15) is 5.65 Å². The number of morpholine rings is 1. The van der Waals surface area contributed by atoms with Crippen molar-refractivity contribution in [3.8, 4) is 11.3 Å². The molecule has 0 bridgehead atoms. The van der Waals surface area contributed by atoms with E-state index >= 15 is 0 Å². The highest BCUT2D eigenvalue weighted by Crippen LogP contribution is 2.29. The number of aromatic nitrogens is 4. The van der Waals surface area contributed by atoms with E-state index in [4.69, 9.17) is 9.72 Å². The summed E-state index contributed by atoms with van der Waals surface area (Å²) in [5.74, 6) is 0.580. The lowest BCUT2D eigenvalue weighted by molar-refractivity contribution is 0.122. The SMILES string of the molecule is CCCn1cc(-c2ccnc(Nc3ccc(N4CCOCC4)cc3)n2)c2cccnc21. The minimum atomic E-state index is 0.580. The Hall–Kier alpha value is -3.45. The lowest BCUT2D eigenvalue weighted by Crippen LogP contribution is -2.36. The van der Waals surface area contributed by atoms with Gasteiger partial charge >= 0.3 is 0 Å². The fourth-order valence-corrected chi connectivity index (χ4v) is 4.01. The number of pyridine rings is 1. The van der Waals surface area contributed by atoms with Gasteiger partial charge in [-0.05, 0) is 48.9 Å². The molecule has 7 heteroatoms. The average molecular weight is 415 g/mol. The van der Waals surface area contributed by atoms with Gasteiger partial charge in [-0.25, -0.2) is 15.0 Å². The smallest absolute Gasteiger partial charge is 0.227 e. The summed E-state index contributed by atoms with van der Waals surface area (Å²) in [6.07, 6.45) is 6.83. The molecule has 5 rings (SSSR count). The van der Waals surface area contributed by atoms with Gasteiger partial charge in [0.05, 0.1) is 18.9 Å². The topological polar surface area (TPSA) is 68.1 Å². The van der Waals surface area contributed by atoms with Crippen LogP contribution in [-0.4, -0.2) is 45.8 Å². The molecule has 1 fully saturated rings. The zero-order valence-electron chi connectivity index (χ0n) is 17.7. The van der Waals surface area contributed by atoms with Crippen molar-refractivity contribution < 1.29 is 4.74 Å². The normalized spacial score (nSPS) is 14.2. The van der Waals surface area contributed by atoms with E-state index in [1.54, 1.807) is 6.20 Å². The largest absolute Gasteiger partial charge is 0.378 e. The first-order valence-electron chi connectivity index (χ1n) is 10.8. The lowest BCUT2D eigenvalue weighted by Gasteiger charge is -2.28. The Balaban J connectivity index is 1.39. The molecule has 1 aliphatic heterocycles. The predicted octanol–water partition coefficient (Wildman–Crippen LogP) is 4.48. The van der Waals surface area contributed by atoms with E-state index in [1.165, 1.54) is 5.69 Å². The van der Waals surface area contributed by atoms with Gasteiger partial charge in [0.15, 0.2) is 0 Å². The van der Waals surface area contributed by atoms with Crippen LogP contribution in [0.15, 0.2) is 61.1 Å². The summed E-state index contributed by atoms with van der Waals surface area (Å²) >= 11 is 0. The number of ether oxygens (including phenoxy) is 1. The van der Waals surface area contributed by atoms with Gasteiger partial charge in [0.2, 0.25) is 5.95 Å². The monoisotopic (exact) mass is 414 g/mol. The van der Waals surface area contributed by atoms with Crippen LogP contribution >= 0.6 is 0 Å². The number of hydrogen-bond acceptors (Lipinski definition) is 6. The third-order valence-electron chi connectivity index (χ3n) is 5.53. The van der Waals surface area contributed by atoms with Crippen LogP contribution in [0.5, 0.6) is 0 Å². The van der Waals surface area contributed by atoms with Crippen LogP contribution in [0.3, 0.4) is 0 Å². The number of anilines is 3. The number of nitrogens with zero attached hydrogens (tertiary/aromatic N) is 5. The van der Waals surface area contributed by atoms with Crippen LogP contribution in [0.2, 0.25) is 0 Å². The van der Waals surface area contributed by atoms with Crippen LogP contribution in [0.25, 0.3) is 22.3 Å². The second kappa shape index (κ2) is 8.73. The predicted molar refractivity (Wildman–Crippen MR) is 124 cm³/mol. The molecule has 1 saturated heterocycles. The van der Waals surface area contributed by atoms with Gasteiger partial charge < -0.3 is 19.5 Å². The maximum absolute atomic E-state index is 5.44. The quantitative estimate of drug-likeness (QED) is 0.502. The molecule has 1 aromatic carbocycles. The Labute approximate surface area is 181 Å². The van der Waals surface area contributed by atoms with Crippen LogP contribution in [0.4, 0.5) is 17.3 Å². The van der Waals surface area contributed by atoms with Crippen molar-refractivity contribution in [2.75, 3.05) is 36.5 Å². The van der Waals surface area contributed by atoms with E-state index in [2.05, 4.69) is 68.2 Å². The van der Waals surface area contributed by atoms with Crippen molar-refractivity contribution in [3.05, 3.63) is 61.1 Å². The van der Waals surface area contributed by atoms with E-state index in [1.807, 2.05) is 18.3 Å². The molecule has 7 nitrogen and oxygen atoms in total. The Morgan fingerprint density at radius 1 is 1.00 bits per heavy atom. The molecular formula is C24H26N6O. The van der Waals surface area contributed by atoms with Gasteiger partial charge in [-0.1, -0.05) is 6.92 Å². The summed E-state index contributed by atoms with van der Waals surface area (Å²) in [4.78, 5) is 16.1. The average Bonchev–Trinajstić information content (AvgIpc) is 3.19. The molecule has 0 atom stereocenters. The summed E-state index contributed by atoms with van der Waals surface area (Å²) in [5, 5.41) is 4.44. The molecule has 4 aromatic rings. The van der Waals surface area contributed by atoms with Crippen molar-refractivity contribution in [2.45, 2.75) is 19.9 Å². The van der Waals surface area contributed by atoms with Gasteiger partial charge in [-0.2, -0.15) is 0 Å². The molecule has 0 radical (unpaired) electrons. The molecule has 158 valence electrons. The van der Waals surface area contributed by atoms with Crippen molar-refractivity contribution in [1.82, 2.24) is 19.5 Å². The number of rotatable bonds is 6. The summed E-state index contributed by atoms with van der Waals surface area (Å²) in [5.41, 5.74) is 5.12. The Morgan fingerprint density at radius 2 is 1.84 bits per heavy atom. The molecule has 1 aliphatic rings. The molecule has 0 unspecified atom stereocenters. The standard InChI is InChI=1S/C24H26N6O/c1-2-12-30-17-21(20-4-3-10-25-23(20)30)22-9-11-26-24(28-22)27-18-5-7-19(8-6-18)29-13-15-31-16-14-29/h3-11,17H,2,12-16H2,1H3,(H,26,27,28). The number of hydrogen-bond donors (Lipinski definition) is 1. The van der Waals surface area contributed by atoms with Crippen LogP contribution in [-0.2, 0) is 11.3 Å².